The van der Waals surface area contributed by atoms with Gasteiger partial charge in [0.05, 0.1) is 18.6 Å². The van der Waals surface area contributed by atoms with E-state index in [0.29, 0.717) is 15.8 Å². The van der Waals surface area contributed by atoms with Crippen LogP contribution in [-0.2, 0) is 9.53 Å². The van der Waals surface area contributed by atoms with Crippen LogP contribution in [0.1, 0.15) is 38.2 Å². The van der Waals surface area contributed by atoms with E-state index in [1.165, 1.54) is 42.7 Å². The Morgan fingerprint density at radius 1 is 1.19 bits per heavy atom. The van der Waals surface area contributed by atoms with Gasteiger partial charge in [0.25, 0.3) is 0 Å². The summed E-state index contributed by atoms with van der Waals surface area (Å²) in [6, 6.07) is 12.7. The van der Waals surface area contributed by atoms with Gasteiger partial charge in [-0.05, 0) is 51.7 Å². The number of hydrogen-bond acceptors (Lipinski definition) is 5. The molecule has 0 saturated heterocycles. The van der Waals surface area contributed by atoms with Crippen LogP contribution in [-0.4, -0.2) is 33.6 Å². The topological polar surface area (TPSA) is 57.0 Å². The molecule has 1 fully saturated rings. The van der Waals surface area contributed by atoms with Crippen LogP contribution >= 0.6 is 27.7 Å². The second-order valence-corrected chi connectivity index (χ2v) is 7.60. The van der Waals surface area contributed by atoms with Crippen molar-refractivity contribution in [1.29, 1.82) is 0 Å². The second kappa shape index (κ2) is 8.89. The molecule has 1 aliphatic rings. The van der Waals surface area contributed by atoms with Crippen LogP contribution in [0.3, 0.4) is 0 Å². The minimum atomic E-state index is -0.287. The standard InChI is InChI=1S/C18H16BrN3O2S.C2H6/c1-24-16(23)10-25-18-21-20-17(19)22(18)15-9-8-12(11-6-7-11)13-4-2-3-5-14(13)15;1-2/h2-5,8-9,11H,6-7,10H2,1H3;1-2H3. The first kappa shape index (κ1) is 19.9. The molecule has 1 heterocycles. The van der Waals surface area contributed by atoms with E-state index in [1.807, 2.05) is 24.5 Å². The van der Waals surface area contributed by atoms with Gasteiger partial charge in [-0.2, -0.15) is 0 Å². The molecule has 3 aromatic rings. The highest BCUT2D eigenvalue weighted by molar-refractivity contribution is 9.10. The van der Waals surface area contributed by atoms with Crippen LogP contribution in [0.25, 0.3) is 16.5 Å². The highest BCUT2D eigenvalue weighted by Gasteiger charge is 2.26. The Hall–Kier alpha value is -1.86. The lowest BCUT2D eigenvalue weighted by Crippen LogP contribution is -2.05. The Kier molecular flexibility index (Phi) is 6.55. The molecule has 0 spiro atoms. The summed E-state index contributed by atoms with van der Waals surface area (Å²) < 4.78 is 7.27. The third kappa shape index (κ3) is 4.19. The number of methoxy groups -OCH3 is 1. The lowest BCUT2D eigenvalue weighted by atomic mass is 9.99. The highest BCUT2D eigenvalue weighted by atomic mass is 79.9. The second-order valence-electron chi connectivity index (χ2n) is 5.95. The number of thioether (sulfide) groups is 1. The first-order valence-corrected chi connectivity index (χ1v) is 10.8. The van der Waals surface area contributed by atoms with Crippen molar-refractivity contribution in [1.82, 2.24) is 14.8 Å². The van der Waals surface area contributed by atoms with Crippen molar-refractivity contribution in [2.45, 2.75) is 37.8 Å². The number of halogens is 1. The van der Waals surface area contributed by atoms with Crippen LogP contribution < -0.4 is 0 Å². The third-order valence-corrected chi connectivity index (χ3v) is 5.75. The van der Waals surface area contributed by atoms with Gasteiger partial charge in [0, 0.05) is 5.39 Å². The van der Waals surface area contributed by atoms with Gasteiger partial charge in [-0.3, -0.25) is 9.36 Å². The Bertz CT molecular complexity index is 954. The molecule has 2 aromatic carbocycles. The zero-order valence-corrected chi connectivity index (χ0v) is 18.0. The van der Waals surface area contributed by atoms with Gasteiger partial charge in [0.15, 0.2) is 5.16 Å². The average molecular weight is 448 g/mol. The number of aromatic nitrogens is 3. The summed E-state index contributed by atoms with van der Waals surface area (Å²) in [4.78, 5) is 11.5. The molecule has 0 aliphatic heterocycles. The Morgan fingerprint density at radius 2 is 1.89 bits per heavy atom. The monoisotopic (exact) mass is 447 g/mol. The molecule has 0 unspecified atom stereocenters. The summed E-state index contributed by atoms with van der Waals surface area (Å²) >= 11 is 4.79. The number of ether oxygens (including phenoxy) is 1. The maximum absolute atomic E-state index is 11.5. The summed E-state index contributed by atoms with van der Waals surface area (Å²) in [5.41, 5.74) is 2.41. The molecule has 7 heteroatoms. The van der Waals surface area contributed by atoms with E-state index in [0.717, 1.165) is 11.1 Å². The first-order chi connectivity index (χ1) is 13.2. The molecule has 1 aliphatic carbocycles. The number of rotatable bonds is 5. The summed E-state index contributed by atoms with van der Waals surface area (Å²) in [6.07, 6.45) is 2.53. The number of nitrogens with zero attached hydrogens (tertiary/aromatic N) is 3. The van der Waals surface area contributed by atoms with Crippen LogP contribution in [0.5, 0.6) is 0 Å². The van der Waals surface area contributed by atoms with Crippen molar-refractivity contribution in [3.05, 3.63) is 46.7 Å². The molecule has 4 rings (SSSR count). The van der Waals surface area contributed by atoms with Crippen LogP contribution in [0.15, 0.2) is 46.3 Å². The molecule has 142 valence electrons. The summed E-state index contributed by atoms with van der Waals surface area (Å²) in [5.74, 6) is 0.584. The molecule has 27 heavy (non-hydrogen) atoms. The number of hydrogen-bond donors (Lipinski definition) is 0. The number of benzene rings is 2. The normalized spacial score (nSPS) is 13.2. The van der Waals surface area contributed by atoms with Gasteiger partial charge < -0.3 is 4.74 Å². The number of esters is 1. The highest BCUT2D eigenvalue weighted by Crippen LogP contribution is 2.44. The number of fused-ring (bicyclic) bond motifs is 1. The fourth-order valence-electron chi connectivity index (χ4n) is 2.98. The van der Waals surface area contributed by atoms with E-state index in [-0.39, 0.29) is 11.7 Å². The summed E-state index contributed by atoms with van der Waals surface area (Å²) in [6.45, 7) is 4.00. The minimum absolute atomic E-state index is 0.194. The molecular weight excluding hydrogens is 426 g/mol. The first-order valence-electron chi connectivity index (χ1n) is 9.01. The summed E-state index contributed by atoms with van der Waals surface area (Å²) in [7, 11) is 1.38. The predicted octanol–water partition coefficient (Wildman–Crippen LogP) is 5.35. The third-order valence-electron chi connectivity index (χ3n) is 4.33. The Morgan fingerprint density at radius 3 is 2.56 bits per heavy atom. The maximum Gasteiger partial charge on any atom is 0.316 e. The molecule has 5 nitrogen and oxygen atoms in total. The number of carbonyl (C=O) groups is 1. The van der Waals surface area contributed by atoms with E-state index >= 15 is 0 Å². The smallest absolute Gasteiger partial charge is 0.316 e. The van der Waals surface area contributed by atoms with Crippen molar-refractivity contribution in [3.63, 3.8) is 0 Å². The van der Waals surface area contributed by atoms with Gasteiger partial charge in [0.2, 0.25) is 4.73 Å². The Labute approximate surface area is 171 Å². The molecule has 0 atom stereocenters. The SMILES string of the molecule is CC.COC(=O)CSc1nnc(Br)n1-c1ccc(C2CC2)c2ccccc12. The van der Waals surface area contributed by atoms with Gasteiger partial charge in [-0.25, -0.2) is 0 Å². The Balaban J connectivity index is 0.00000102. The van der Waals surface area contributed by atoms with Crippen LogP contribution in [0, 0.1) is 0 Å². The van der Waals surface area contributed by atoms with Crippen molar-refractivity contribution < 1.29 is 9.53 Å². The van der Waals surface area contributed by atoms with Crippen molar-refractivity contribution >= 4 is 44.4 Å². The van der Waals surface area contributed by atoms with E-state index in [2.05, 4.69) is 56.5 Å². The lowest BCUT2D eigenvalue weighted by Gasteiger charge is -2.13. The van der Waals surface area contributed by atoms with E-state index in [4.69, 9.17) is 4.74 Å². The van der Waals surface area contributed by atoms with Gasteiger partial charge >= 0.3 is 5.97 Å². The molecular formula is C20H22BrN3O2S. The largest absolute Gasteiger partial charge is 0.468 e. The van der Waals surface area contributed by atoms with E-state index in [9.17, 15) is 4.79 Å². The maximum atomic E-state index is 11.5. The molecule has 0 bridgehead atoms. The molecule has 0 amide bonds. The van der Waals surface area contributed by atoms with Crippen LogP contribution in [0.4, 0.5) is 0 Å². The zero-order chi connectivity index (χ0) is 19.4. The zero-order valence-electron chi connectivity index (χ0n) is 15.6. The van der Waals surface area contributed by atoms with Crippen molar-refractivity contribution in [2.75, 3.05) is 12.9 Å². The lowest BCUT2D eigenvalue weighted by molar-refractivity contribution is -0.137. The van der Waals surface area contributed by atoms with Gasteiger partial charge in [0.1, 0.15) is 0 Å². The van der Waals surface area contributed by atoms with E-state index in [1.54, 1.807) is 0 Å². The van der Waals surface area contributed by atoms with Gasteiger partial charge in [-0.1, -0.05) is 55.9 Å². The fourth-order valence-corrected chi connectivity index (χ4v) is 4.32. The number of carbonyl (C=O) groups excluding carboxylic acids is 1. The van der Waals surface area contributed by atoms with Crippen LogP contribution in [0.2, 0.25) is 0 Å². The van der Waals surface area contributed by atoms with Crippen molar-refractivity contribution in [2.24, 2.45) is 0 Å². The quantitative estimate of drug-likeness (QED) is 0.389. The average Bonchev–Trinajstić information content (AvgIpc) is 3.50. The molecule has 1 aromatic heterocycles. The fraction of sp³-hybridized carbons (Fsp3) is 0.350. The molecule has 0 N–H and O–H groups in total. The van der Waals surface area contributed by atoms with E-state index < -0.39 is 0 Å². The molecule has 0 radical (unpaired) electrons. The predicted molar refractivity (Wildman–Crippen MR) is 113 cm³/mol. The van der Waals surface area contributed by atoms with Crippen molar-refractivity contribution in [3.8, 4) is 5.69 Å². The van der Waals surface area contributed by atoms with Gasteiger partial charge in [-0.15, -0.1) is 10.2 Å². The summed E-state index contributed by atoms with van der Waals surface area (Å²) in [5, 5.41) is 11.4. The molecule has 1 saturated carbocycles. The minimum Gasteiger partial charge on any atom is -0.468 e.